The number of hydrogen-bond donors (Lipinski definition) is 1. The molecule has 8 heteroatoms. The van der Waals surface area contributed by atoms with Gasteiger partial charge in [0.2, 0.25) is 5.91 Å². The Morgan fingerprint density at radius 2 is 2.22 bits per heavy atom. The maximum atomic E-state index is 12.5. The molecule has 1 fully saturated rings. The molecule has 0 aliphatic carbocycles. The molecule has 0 saturated carbocycles. The quantitative estimate of drug-likeness (QED) is 0.839. The number of likely N-dealkylation sites (tertiary alicyclic amines) is 1. The monoisotopic (exact) mass is 317 g/mol. The van der Waals surface area contributed by atoms with Crippen LogP contribution in [0.2, 0.25) is 0 Å². The van der Waals surface area contributed by atoms with Gasteiger partial charge in [0.1, 0.15) is 6.54 Å². The van der Waals surface area contributed by atoms with Crippen molar-refractivity contribution in [3.63, 3.8) is 0 Å². The predicted octanol–water partition coefficient (Wildman–Crippen LogP) is -0.324. The van der Waals surface area contributed by atoms with E-state index in [1.54, 1.807) is 11.1 Å². The fourth-order valence-electron chi connectivity index (χ4n) is 2.93. The van der Waals surface area contributed by atoms with E-state index in [0.717, 1.165) is 23.1 Å². The lowest BCUT2D eigenvalue weighted by Gasteiger charge is -2.32. The van der Waals surface area contributed by atoms with Crippen LogP contribution in [0.1, 0.15) is 24.5 Å². The molecule has 122 valence electrons. The molecule has 2 aromatic rings. The third-order valence-corrected chi connectivity index (χ3v) is 4.30. The predicted molar refractivity (Wildman–Crippen MR) is 83.1 cm³/mol. The standard InChI is InChI=1S/C15H19N5O3/c1-18-13(21)5-8-20(15(18)23)10-14(22)19-7-2-3-11(9-19)12-4-6-16-17-12/h4-6,8,11H,2-3,7,9-10H2,1H3,(H,16,17). The molecule has 0 aromatic carbocycles. The summed E-state index contributed by atoms with van der Waals surface area (Å²) in [6, 6.07) is 3.22. The molecular weight excluding hydrogens is 298 g/mol. The highest BCUT2D eigenvalue weighted by molar-refractivity contribution is 5.76. The molecule has 1 N–H and O–H groups in total. The zero-order valence-corrected chi connectivity index (χ0v) is 12.9. The number of carbonyl (C=O) groups excluding carboxylic acids is 1. The van der Waals surface area contributed by atoms with E-state index in [2.05, 4.69) is 10.2 Å². The third-order valence-electron chi connectivity index (χ3n) is 4.30. The zero-order chi connectivity index (χ0) is 16.4. The van der Waals surface area contributed by atoms with Crippen molar-refractivity contribution in [3.05, 3.63) is 51.1 Å². The van der Waals surface area contributed by atoms with Crippen LogP contribution in [-0.2, 0) is 18.4 Å². The summed E-state index contributed by atoms with van der Waals surface area (Å²) in [5, 5.41) is 6.92. The Bertz CT molecular complexity index is 805. The maximum absolute atomic E-state index is 12.5. The van der Waals surface area contributed by atoms with Crippen LogP contribution in [0.25, 0.3) is 0 Å². The maximum Gasteiger partial charge on any atom is 0.331 e. The van der Waals surface area contributed by atoms with Crippen molar-refractivity contribution in [1.29, 1.82) is 0 Å². The molecular formula is C15H19N5O3. The molecule has 0 spiro atoms. The molecule has 1 atom stereocenters. The molecule has 1 unspecified atom stereocenters. The molecule has 0 radical (unpaired) electrons. The van der Waals surface area contributed by atoms with E-state index in [4.69, 9.17) is 0 Å². The minimum Gasteiger partial charge on any atom is -0.340 e. The van der Waals surface area contributed by atoms with Crippen LogP contribution in [-0.4, -0.2) is 43.2 Å². The van der Waals surface area contributed by atoms with Gasteiger partial charge in [-0.1, -0.05) is 0 Å². The number of rotatable bonds is 3. The Kier molecular flexibility index (Phi) is 4.14. The summed E-state index contributed by atoms with van der Waals surface area (Å²) in [5.41, 5.74) is 0.172. The Balaban J connectivity index is 1.72. The molecule has 1 amide bonds. The molecule has 1 aliphatic heterocycles. The summed E-state index contributed by atoms with van der Waals surface area (Å²) in [5.74, 6) is 0.127. The first-order chi connectivity index (χ1) is 11.1. The summed E-state index contributed by atoms with van der Waals surface area (Å²) in [6.07, 6.45) is 5.00. The number of piperidine rings is 1. The summed E-state index contributed by atoms with van der Waals surface area (Å²) in [4.78, 5) is 37.7. The molecule has 3 rings (SSSR count). The van der Waals surface area contributed by atoms with Crippen molar-refractivity contribution < 1.29 is 4.79 Å². The number of amides is 1. The van der Waals surface area contributed by atoms with E-state index in [9.17, 15) is 14.4 Å². The number of aromatic amines is 1. The van der Waals surface area contributed by atoms with Crippen molar-refractivity contribution in [1.82, 2.24) is 24.2 Å². The van der Waals surface area contributed by atoms with Gasteiger partial charge in [-0.15, -0.1) is 0 Å². The molecule has 8 nitrogen and oxygen atoms in total. The smallest absolute Gasteiger partial charge is 0.331 e. The lowest BCUT2D eigenvalue weighted by atomic mass is 9.95. The molecule has 2 aromatic heterocycles. The topological polar surface area (TPSA) is 93.0 Å². The van der Waals surface area contributed by atoms with Gasteiger partial charge in [0.15, 0.2) is 0 Å². The van der Waals surface area contributed by atoms with Crippen LogP contribution >= 0.6 is 0 Å². The Morgan fingerprint density at radius 1 is 1.39 bits per heavy atom. The SMILES string of the molecule is Cn1c(=O)ccn(CC(=O)N2CCCC(c3ccn[nH]3)C2)c1=O. The molecule has 23 heavy (non-hydrogen) atoms. The highest BCUT2D eigenvalue weighted by atomic mass is 16.2. The first-order valence-electron chi connectivity index (χ1n) is 7.60. The van der Waals surface area contributed by atoms with Crippen LogP contribution < -0.4 is 11.2 Å². The molecule has 3 heterocycles. The van der Waals surface area contributed by atoms with E-state index in [1.807, 2.05) is 6.07 Å². The summed E-state index contributed by atoms with van der Waals surface area (Å²) >= 11 is 0. The molecule has 0 bridgehead atoms. The lowest BCUT2D eigenvalue weighted by molar-refractivity contribution is -0.133. The van der Waals surface area contributed by atoms with Gasteiger partial charge in [-0.25, -0.2) is 4.79 Å². The van der Waals surface area contributed by atoms with Crippen LogP contribution in [0.5, 0.6) is 0 Å². The normalized spacial score (nSPS) is 18.1. The second kappa shape index (κ2) is 6.23. The fourth-order valence-corrected chi connectivity index (χ4v) is 2.93. The van der Waals surface area contributed by atoms with Crippen LogP contribution in [0.15, 0.2) is 34.1 Å². The van der Waals surface area contributed by atoms with Crippen molar-refractivity contribution in [2.45, 2.75) is 25.3 Å². The fraction of sp³-hybridized carbons (Fsp3) is 0.467. The first kappa shape index (κ1) is 15.3. The second-order valence-corrected chi connectivity index (χ2v) is 5.81. The lowest BCUT2D eigenvalue weighted by Crippen LogP contribution is -2.44. The van der Waals surface area contributed by atoms with Gasteiger partial charge in [-0.3, -0.25) is 23.8 Å². The number of nitrogens with one attached hydrogen (secondary N) is 1. The number of aromatic nitrogens is 4. The number of hydrogen-bond acceptors (Lipinski definition) is 4. The van der Waals surface area contributed by atoms with Crippen molar-refractivity contribution >= 4 is 5.91 Å². The molecule has 1 saturated heterocycles. The zero-order valence-electron chi connectivity index (χ0n) is 12.9. The summed E-state index contributed by atoms with van der Waals surface area (Å²) in [6.45, 7) is 1.24. The Hall–Kier alpha value is -2.64. The van der Waals surface area contributed by atoms with Crippen molar-refractivity contribution in [3.8, 4) is 0 Å². The Morgan fingerprint density at radius 3 is 2.96 bits per heavy atom. The van der Waals surface area contributed by atoms with Crippen LogP contribution in [0.4, 0.5) is 0 Å². The third kappa shape index (κ3) is 3.10. The van der Waals surface area contributed by atoms with Crippen molar-refractivity contribution in [2.24, 2.45) is 7.05 Å². The van der Waals surface area contributed by atoms with Gasteiger partial charge in [0.05, 0.1) is 0 Å². The first-order valence-corrected chi connectivity index (χ1v) is 7.60. The van der Waals surface area contributed by atoms with Crippen LogP contribution in [0.3, 0.4) is 0 Å². The average molecular weight is 317 g/mol. The summed E-state index contributed by atoms with van der Waals surface area (Å²) in [7, 11) is 1.40. The second-order valence-electron chi connectivity index (χ2n) is 5.81. The van der Waals surface area contributed by atoms with E-state index in [1.165, 1.54) is 23.9 Å². The van der Waals surface area contributed by atoms with E-state index >= 15 is 0 Å². The highest BCUT2D eigenvalue weighted by Gasteiger charge is 2.25. The molecule has 1 aliphatic rings. The average Bonchev–Trinajstić information content (AvgIpc) is 3.10. The minimum absolute atomic E-state index is 0.0529. The number of nitrogens with zero attached hydrogens (tertiary/aromatic N) is 4. The van der Waals surface area contributed by atoms with Gasteiger partial charge >= 0.3 is 5.69 Å². The van der Waals surface area contributed by atoms with E-state index in [-0.39, 0.29) is 23.9 Å². The van der Waals surface area contributed by atoms with Gasteiger partial charge in [-0.2, -0.15) is 5.10 Å². The van der Waals surface area contributed by atoms with Gasteiger partial charge < -0.3 is 4.90 Å². The van der Waals surface area contributed by atoms with Gasteiger partial charge in [0.25, 0.3) is 5.56 Å². The van der Waals surface area contributed by atoms with E-state index < -0.39 is 5.69 Å². The Labute approximate surface area is 132 Å². The summed E-state index contributed by atoms with van der Waals surface area (Å²) < 4.78 is 2.26. The number of carbonyl (C=O) groups is 1. The van der Waals surface area contributed by atoms with E-state index in [0.29, 0.717) is 13.1 Å². The minimum atomic E-state index is -0.479. The highest BCUT2D eigenvalue weighted by Crippen LogP contribution is 2.25. The van der Waals surface area contributed by atoms with Gasteiger partial charge in [-0.05, 0) is 18.9 Å². The van der Waals surface area contributed by atoms with Crippen LogP contribution in [0, 0.1) is 0 Å². The number of H-pyrrole nitrogens is 1. The van der Waals surface area contributed by atoms with Gasteiger partial charge in [0, 0.05) is 50.2 Å². The van der Waals surface area contributed by atoms with Crippen molar-refractivity contribution in [2.75, 3.05) is 13.1 Å². The largest absolute Gasteiger partial charge is 0.340 e.